The van der Waals surface area contributed by atoms with E-state index in [1.807, 2.05) is 38.4 Å². The number of methoxy groups -OCH3 is 1. The predicted molar refractivity (Wildman–Crippen MR) is 106 cm³/mol. The third-order valence-electron chi connectivity index (χ3n) is 5.85. The van der Waals surface area contributed by atoms with Gasteiger partial charge in [0.1, 0.15) is 11.8 Å². The first kappa shape index (κ1) is 19.7. The quantitative estimate of drug-likeness (QED) is 0.589. The molecule has 1 N–H and O–H groups in total. The molecule has 1 atom stereocenters. The maximum atomic E-state index is 13.1. The number of carbonyl (C=O) groups excluding carboxylic acids is 2. The standard InChI is InChI=1S/C21H31N3O3/c1-23(2)15-7-14-22-19(25)18-21(12-5-4-6-13-21)20(26)24(18)16-8-10-17(27-3)11-9-16/h8-11,18H,4-7,12-15H2,1-3H3,(H,22,25). The van der Waals surface area contributed by atoms with E-state index in [0.29, 0.717) is 6.54 Å². The van der Waals surface area contributed by atoms with Crippen LogP contribution in [-0.2, 0) is 9.59 Å². The molecule has 1 aromatic carbocycles. The number of carbonyl (C=O) groups is 2. The third kappa shape index (κ3) is 3.81. The van der Waals surface area contributed by atoms with E-state index in [2.05, 4.69) is 10.2 Å². The van der Waals surface area contributed by atoms with Gasteiger partial charge in [-0.3, -0.25) is 14.5 Å². The first-order valence-electron chi connectivity index (χ1n) is 9.90. The van der Waals surface area contributed by atoms with Crippen molar-refractivity contribution in [1.82, 2.24) is 10.2 Å². The van der Waals surface area contributed by atoms with Crippen LogP contribution in [0.1, 0.15) is 38.5 Å². The van der Waals surface area contributed by atoms with E-state index in [-0.39, 0.29) is 11.8 Å². The van der Waals surface area contributed by atoms with Gasteiger partial charge in [-0.05, 0) is 64.2 Å². The fraction of sp³-hybridized carbons (Fsp3) is 0.619. The normalized spacial score (nSPS) is 21.3. The molecule has 148 valence electrons. The van der Waals surface area contributed by atoms with Crippen molar-refractivity contribution in [2.75, 3.05) is 39.2 Å². The van der Waals surface area contributed by atoms with Gasteiger partial charge in [0.2, 0.25) is 11.8 Å². The second kappa shape index (κ2) is 8.30. The summed E-state index contributed by atoms with van der Waals surface area (Å²) in [5.41, 5.74) is 0.259. The second-order valence-corrected chi connectivity index (χ2v) is 7.94. The minimum atomic E-state index is -0.510. The van der Waals surface area contributed by atoms with Crippen LogP contribution in [0.3, 0.4) is 0 Å². The molecule has 1 unspecified atom stereocenters. The van der Waals surface area contributed by atoms with E-state index in [9.17, 15) is 9.59 Å². The molecule has 0 bridgehead atoms. The highest BCUT2D eigenvalue weighted by Crippen LogP contribution is 2.51. The molecular formula is C21H31N3O3. The van der Waals surface area contributed by atoms with Crippen LogP contribution in [0.4, 0.5) is 5.69 Å². The molecule has 2 fully saturated rings. The Morgan fingerprint density at radius 2 is 1.89 bits per heavy atom. The van der Waals surface area contributed by atoms with Crippen molar-refractivity contribution in [1.29, 1.82) is 0 Å². The molecular weight excluding hydrogens is 342 g/mol. The molecule has 2 aliphatic rings. The fourth-order valence-electron chi connectivity index (χ4n) is 4.41. The van der Waals surface area contributed by atoms with E-state index >= 15 is 0 Å². The molecule has 1 aliphatic carbocycles. The molecule has 3 rings (SSSR count). The van der Waals surface area contributed by atoms with Gasteiger partial charge in [0.25, 0.3) is 0 Å². The summed E-state index contributed by atoms with van der Waals surface area (Å²) in [5.74, 6) is 0.815. The molecule has 1 saturated heterocycles. The average Bonchev–Trinajstić information content (AvgIpc) is 2.69. The van der Waals surface area contributed by atoms with E-state index in [1.165, 1.54) is 0 Å². The molecule has 6 heteroatoms. The Labute approximate surface area is 161 Å². The summed E-state index contributed by atoms with van der Waals surface area (Å²) in [4.78, 5) is 30.0. The van der Waals surface area contributed by atoms with Crippen molar-refractivity contribution in [2.45, 2.75) is 44.6 Å². The number of anilines is 1. The summed E-state index contributed by atoms with van der Waals surface area (Å²) in [6.07, 6.45) is 5.71. The number of rotatable bonds is 7. The molecule has 2 amide bonds. The van der Waals surface area contributed by atoms with Crippen LogP contribution in [0.2, 0.25) is 0 Å². The van der Waals surface area contributed by atoms with Crippen LogP contribution in [0, 0.1) is 5.41 Å². The summed E-state index contributed by atoms with van der Waals surface area (Å²) in [7, 11) is 5.66. The van der Waals surface area contributed by atoms with Gasteiger partial charge in [0.15, 0.2) is 0 Å². The first-order valence-corrected chi connectivity index (χ1v) is 9.90. The number of benzene rings is 1. The molecule has 1 heterocycles. The Morgan fingerprint density at radius 3 is 2.48 bits per heavy atom. The highest BCUT2D eigenvalue weighted by atomic mass is 16.5. The highest BCUT2D eigenvalue weighted by molar-refractivity contribution is 6.14. The second-order valence-electron chi connectivity index (χ2n) is 7.94. The van der Waals surface area contributed by atoms with E-state index < -0.39 is 11.5 Å². The van der Waals surface area contributed by atoms with Crippen LogP contribution >= 0.6 is 0 Å². The van der Waals surface area contributed by atoms with Gasteiger partial charge >= 0.3 is 0 Å². The fourth-order valence-corrected chi connectivity index (χ4v) is 4.41. The van der Waals surface area contributed by atoms with Crippen LogP contribution in [0.25, 0.3) is 0 Å². The van der Waals surface area contributed by atoms with Crippen molar-refractivity contribution >= 4 is 17.5 Å². The van der Waals surface area contributed by atoms with Gasteiger partial charge in [-0.25, -0.2) is 0 Å². The Bertz CT molecular complexity index is 666. The summed E-state index contributed by atoms with van der Waals surface area (Å²) in [6, 6.07) is 6.98. The zero-order chi connectivity index (χ0) is 19.4. The van der Waals surface area contributed by atoms with Gasteiger partial charge in [-0.15, -0.1) is 0 Å². The van der Waals surface area contributed by atoms with Gasteiger partial charge < -0.3 is 15.0 Å². The van der Waals surface area contributed by atoms with Gasteiger partial charge in [0.05, 0.1) is 12.5 Å². The number of hydrogen-bond donors (Lipinski definition) is 1. The van der Waals surface area contributed by atoms with Crippen LogP contribution in [0.15, 0.2) is 24.3 Å². The molecule has 1 aliphatic heterocycles. The molecule has 27 heavy (non-hydrogen) atoms. The lowest BCUT2D eigenvalue weighted by Crippen LogP contribution is -2.74. The lowest BCUT2D eigenvalue weighted by molar-refractivity contribution is -0.150. The van der Waals surface area contributed by atoms with Crippen LogP contribution in [-0.4, -0.2) is 57.1 Å². The lowest BCUT2D eigenvalue weighted by Gasteiger charge is -2.56. The highest BCUT2D eigenvalue weighted by Gasteiger charge is 2.63. The Hall–Kier alpha value is -2.08. The van der Waals surface area contributed by atoms with Gasteiger partial charge in [0, 0.05) is 12.2 Å². The zero-order valence-electron chi connectivity index (χ0n) is 16.7. The van der Waals surface area contributed by atoms with Crippen molar-refractivity contribution in [3.63, 3.8) is 0 Å². The number of nitrogens with one attached hydrogen (secondary N) is 1. The molecule has 0 radical (unpaired) electrons. The molecule has 1 aromatic rings. The summed E-state index contributed by atoms with van der Waals surface area (Å²) in [6.45, 7) is 1.56. The van der Waals surface area contributed by atoms with Crippen molar-refractivity contribution in [3.8, 4) is 5.75 Å². The number of hydrogen-bond acceptors (Lipinski definition) is 4. The zero-order valence-corrected chi connectivity index (χ0v) is 16.7. The smallest absolute Gasteiger partial charge is 0.244 e. The molecule has 6 nitrogen and oxygen atoms in total. The van der Waals surface area contributed by atoms with E-state index in [4.69, 9.17) is 4.74 Å². The topological polar surface area (TPSA) is 61.9 Å². The third-order valence-corrected chi connectivity index (χ3v) is 5.85. The van der Waals surface area contributed by atoms with Crippen molar-refractivity contribution < 1.29 is 14.3 Å². The minimum absolute atomic E-state index is 0.0222. The first-order chi connectivity index (χ1) is 13.0. The van der Waals surface area contributed by atoms with Gasteiger partial charge in [-0.2, -0.15) is 0 Å². The summed E-state index contributed by atoms with van der Waals surface area (Å²) in [5, 5.41) is 3.07. The van der Waals surface area contributed by atoms with Gasteiger partial charge in [-0.1, -0.05) is 19.3 Å². The number of nitrogens with zero attached hydrogens (tertiary/aromatic N) is 2. The lowest BCUT2D eigenvalue weighted by atomic mass is 9.61. The molecule has 1 saturated carbocycles. The average molecular weight is 373 g/mol. The van der Waals surface area contributed by atoms with E-state index in [0.717, 1.165) is 56.5 Å². The number of ether oxygens (including phenoxy) is 1. The Morgan fingerprint density at radius 1 is 1.22 bits per heavy atom. The van der Waals surface area contributed by atoms with Crippen LogP contribution < -0.4 is 15.0 Å². The summed E-state index contributed by atoms with van der Waals surface area (Å²) < 4.78 is 5.21. The minimum Gasteiger partial charge on any atom is -0.497 e. The Kier molecular flexibility index (Phi) is 6.05. The predicted octanol–water partition coefficient (Wildman–Crippen LogP) is 2.43. The Balaban J connectivity index is 1.77. The maximum absolute atomic E-state index is 13.1. The number of β-lactam (4-membered cyclic amide) rings is 1. The SMILES string of the molecule is COc1ccc(N2C(=O)C3(CCCCC3)C2C(=O)NCCCN(C)C)cc1. The van der Waals surface area contributed by atoms with E-state index in [1.54, 1.807) is 12.0 Å². The monoisotopic (exact) mass is 373 g/mol. The largest absolute Gasteiger partial charge is 0.497 e. The van der Waals surface area contributed by atoms with Crippen LogP contribution in [0.5, 0.6) is 5.75 Å². The maximum Gasteiger partial charge on any atom is 0.244 e. The number of amides is 2. The summed E-state index contributed by atoms with van der Waals surface area (Å²) >= 11 is 0. The molecule has 0 aromatic heterocycles. The van der Waals surface area contributed by atoms with Crippen molar-refractivity contribution in [2.24, 2.45) is 5.41 Å². The van der Waals surface area contributed by atoms with Crippen molar-refractivity contribution in [3.05, 3.63) is 24.3 Å². The molecule has 1 spiro atoms.